The van der Waals surface area contributed by atoms with Crippen LogP contribution in [0.1, 0.15) is 41.1 Å². The Morgan fingerprint density at radius 1 is 1.15 bits per heavy atom. The molecule has 1 aliphatic rings. The number of rotatable bonds is 6. The van der Waals surface area contributed by atoms with Gasteiger partial charge >= 0.3 is 5.91 Å². The van der Waals surface area contributed by atoms with E-state index in [1.54, 1.807) is 19.2 Å². The Morgan fingerprint density at radius 2 is 1.94 bits per heavy atom. The van der Waals surface area contributed by atoms with Crippen LogP contribution in [0.2, 0.25) is 5.15 Å². The molecule has 0 aliphatic carbocycles. The van der Waals surface area contributed by atoms with Crippen molar-refractivity contribution in [2.24, 2.45) is 5.10 Å². The molecule has 1 atom stereocenters. The quantitative estimate of drug-likeness (QED) is 0.325. The molecule has 172 valence electrons. The number of aromatic nitrogens is 1. The van der Waals surface area contributed by atoms with Crippen LogP contribution in [-0.4, -0.2) is 35.3 Å². The Balaban J connectivity index is 1.55. The van der Waals surface area contributed by atoms with Gasteiger partial charge in [0.05, 0.1) is 37.3 Å². The minimum Gasteiger partial charge on any atom is -0.497 e. The molecule has 7 nitrogen and oxygen atoms in total. The summed E-state index contributed by atoms with van der Waals surface area (Å²) < 4.78 is 16.2. The number of methoxy groups -OCH3 is 1. The van der Waals surface area contributed by atoms with Crippen LogP contribution in [0.5, 0.6) is 11.5 Å². The molecule has 0 radical (unpaired) electrons. The summed E-state index contributed by atoms with van der Waals surface area (Å²) in [4.78, 5) is 17.9. The second kappa shape index (κ2) is 9.19. The average molecular weight is 476 g/mol. The van der Waals surface area contributed by atoms with Gasteiger partial charge in [-0.25, -0.2) is 9.99 Å². The monoisotopic (exact) mass is 475 g/mol. The maximum absolute atomic E-state index is 13.3. The minimum atomic E-state index is -0.439. The van der Waals surface area contributed by atoms with Crippen LogP contribution < -0.4 is 9.47 Å². The summed E-state index contributed by atoms with van der Waals surface area (Å²) in [5.41, 5.74) is 3.09. The molecule has 0 bridgehead atoms. The lowest BCUT2D eigenvalue weighted by molar-refractivity contribution is 0.0678. The predicted octanol–water partition coefficient (Wildman–Crippen LogP) is 5.88. The Kier molecular flexibility index (Phi) is 5.94. The van der Waals surface area contributed by atoms with Crippen molar-refractivity contribution in [2.45, 2.75) is 19.4 Å². The summed E-state index contributed by atoms with van der Waals surface area (Å²) in [5, 5.41) is 7.32. The third kappa shape index (κ3) is 4.10. The van der Waals surface area contributed by atoms with Gasteiger partial charge in [-0.1, -0.05) is 11.6 Å². The molecular weight excluding hydrogens is 454 g/mol. The SMILES string of the molecule is CCOc1ccc2cc(C3CC(c4ccc(OC)cc4)=NN3C(=O)c3ccco3)c(Cl)nc2c1. The number of fused-ring (bicyclic) bond motifs is 1. The molecule has 5 rings (SSSR count). The summed E-state index contributed by atoms with van der Waals surface area (Å²) in [7, 11) is 1.62. The van der Waals surface area contributed by atoms with E-state index in [4.69, 9.17) is 25.5 Å². The number of halogens is 1. The van der Waals surface area contributed by atoms with E-state index in [1.165, 1.54) is 11.3 Å². The van der Waals surface area contributed by atoms with Crippen LogP contribution in [0.3, 0.4) is 0 Å². The number of hydrogen-bond acceptors (Lipinski definition) is 6. The van der Waals surface area contributed by atoms with Crippen molar-refractivity contribution < 1.29 is 18.7 Å². The van der Waals surface area contributed by atoms with E-state index < -0.39 is 6.04 Å². The van der Waals surface area contributed by atoms with Crippen LogP contribution in [0.25, 0.3) is 10.9 Å². The van der Waals surface area contributed by atoms with Gasteiger partial charge in [-0.3, -0.25) is 4.79 Å². The molecular formula is C26H22ClN3O4. The van der Waals surface area contributed by atoms with Crippen molar-refractivity contribution in [1.29, 1.82) is 0 Å². The third-order valence-electron chi connectivity index (χ3n) is 5.71. The molecule has 0 N–H and O–H groups in total. The van der Waals surface area contributed by atoms with Gasteiger partial charge < -0.3 is 13.9 Å². The highest BCUT2D eigenvalue weighted by atomic mass is 35.5. The summed E-state index contributed by atoms with van der Waals surface area (Å²) in [6.07, 6.45) is 1.94. The maximum Gasteiger partial charge on any atom is 0.310 e. The molecule has 8 heteroatoms. The van der Waals surface area contributed by atoms with Gasteiger partial charge in [0, 0.05) is 23.4 Å². The van der Waals surface area contributed by atoms with E-state index in [0.29, 0.717) is 23.7 Å². The molecule has 0 saturated heterocycles. The molecule has 1 unspecified atom stereocenters. The van der Waals surface area contributed by atoms with Gasteiger partial charge in [-0.15, -0.1) is 0 Å². The van der Waals surface area contributed by atoms with E-state index >= 15 is 0 Å². The lowest BCUT2D eigenvalue weighted by Crippen LogP contribution is -2.27. The lowest BCUT2D eigenvalue weighted by Gasteiger charge is -2.22. The number of benzene rings is 2. The van der Waals surface area contributed by atoms with Crippen LogP contribution >= 0.6 is 11.6 Å². The fraction of sp³-hybridized carbons (Fsp3) is 0.192. The molecule has 3 heterocycles. The van der Waals surface area contributed by atoms with Crippen molar-refractivity contribution in [3.63, 3.8) is 0 Å². The topological polar surface area (TPSA) is 77.2 Å². The van der Waals surface area contributed by atoms with E-state index in [1.807, 2.05) is 55.5 Å². The van der Waals surface area contributed by atoms with E-state index in [2.05, 4.69) is 10.1 Å². The smallest absolute Gasteiger partial charge is 0.310 e. The average Bonchev–Trinajstić information content (AvgIpc) is 3.54. The number of amides is 1. The second-order valence-corrected chi connectivity index (χ2v) is 8.14. The zero-order valence-corrected chi connectivity index (χ0v) is 19.5. The summed E-state index contributed by atoms with van der Waals surface area (Å²) in [6.45, 7) is 2.49. The summed E-state index contributed by atoms with van der Waals surface area (Å²) in [5.74, 6) is 1.33. The molecule has 0 fully saturated rings. The zero-order chi connectivity index (χ0) is 23.7. The molecule has 0 spiro atoms. The highest BCUT2D eigenvalue weighted by molar-refractivity contribution is 6.30. The number of pyridine rings is 1. The van der Waals surface area contributed by atoms with Gasteiger partial charge in [0.2, 0.25) is 0 Å². The van der Waals surface area contributed by atoms with Gasteiger partial charge in [-0.05, 0) is 67.1 Å². The second-order valence-electron chi connectivity index (χ2n) is 7.78. The van der Waals surface area contributed by atoms with Gasteiger partial charge in [0.15, 0.2) is 5.76 Å². The molecule has 1 aliphatic heterocycles. The zero-order valence-electron chi connectivity index (χ0n) is 18.7. The highest BCUT2D eigenvalue weighted by Crippen LogP contribution is 2.38. The van der Waals surface area contributed by atoms with Gasteiger partial charge in [-0.2, -0.15) is 5.10 Å². The van der Waals surface area contributed by atoms with Gasteiger partial charge in [0.25, 0.3) is 0 Å². The molecule has 4 aromatic rings. The van der Waals surface area contributed by atoms with E-state index in [9.17, 15) is 4.79 Å². The molecule has 1 amide bonds. The minimum absolute atomic E-state index is 0.205. The number of hydrazone groups is 1. The summed E-state index contributed by atoms with van der Waals surface area (Å²) >= 11 is 6.66. The molecule has 2 aromatic heterocycles. The normalized spacial score (nSPS) is 15.4. The maximum atomic E-state index is 13.3. The lowest BCUT2D eigenvalue weighted by atomic mass is 9.98. The van der Waals surface area contributed by atoms with Crippen LogP contribution in [0.15, 0.2) is 76.4 Å². The Labute approximate surface area is 201 Å². The first-order chi connectivity index (χ1) is 16.6. The Bertz CT molecular complexity index is 1370. The number of hydrogen-bond donors (Lipinski definition) is 0. The Morgan fingerprint density at radius 3 is 2.65 bits per heavy atom. The number of carbonyl (C=O) groups excluding carboxylic acids is 1. The standard InChI is InChI=1S/C26H22ClN3O4/c1-3-33-19-11-8-17-13-20(25(27)28-21(17)14-19)23-15-22(16-6-9-18(32-2)10-7-16)29-30(23)26(31)24-5-4-12-34-24/h4-14,23H,3,15H2,1-2H3. The van der Waals surface area contributed by atoms with E-state index in [-0.39, 0.29) is 11.7 Å². The highest BCUT2D eigenvalue weighted by Gasteiger charge is 2.36. The van der Waals surface area contributed by atoms with Crippen molar-refractivity contribution in [3.8, 4) is 11.5 Å². The van der Waals surface area contributed by atoms with E-state index in [0.717, 1.165) is 33.7 Å². The van der Waals surface area contributed by atoms with Crippen molar-refractivity contribution in [1.82, 2.24) is 9.99 Å². The predicted molar refractivity (Wildman–Crippen MR) is 130 cm³/mol. The first-order valence-corrected chi connectivity index (χ1v) is 11.3. The number of carbonyl (C=O) groups is 1. The summed E-state index contributed by atoms with van der Waals surface area (Å²) in [6, 6.07) is 18.1. The van der Waals surface area contributed by atoms with Crippen molar-refractivity contribution in [2.75, 3.05) is 13.7 Å². The fourth-order valence-corrected chi connectivity index (χ4v) is 4.31. The first-order valence-electron chi connectivity index (χ1n) is 10.9. The molecule has 2 aromatic carbocycles. The van der Waals surface area contributed by atoms with Crippen molar-refractivity contribution in [3.05, 3.63) is 89.0 Å². The molecule has 34 heavy (non-hydrogen) atoms. The van der Waals surface area contributed by atoms with Gasteiger partial charge in [0.1, 0.15) is 16.7 Å². The number of nitrogens with zero attached hydrogens (tertiary/aromatic N) is 3. The third-order valence-corrected chi connectivity index (χ3v) is 6.02. The van der Waals surface area contributed by atoms with Crippen LogP contribution in [0, 0.1) is 0 Å². The number of ether oxygens (including phenoxy) is 2. The van der Waals surface area contributed by atoms with Crippen LogP contribution in [0.4, 0.5) is 0 Å². The first kappa shape index (κ1) is 22.0. The Hall–Kier alpha value is -3.84. The fourth-order valence-electron chi connectivity index (χ4n) is 4.04. The largest absolute Gasteiger partial charge is 0.497 e. The van der Waals surface area contributed by atoms with Crippen molar-refractivity contribution >= 4 is 34.1 Å². The molecule has 0 saturated carbocycles. The number of furan rings is 1. The van der Waals surface area contributed by atoms with Crippen LogP contribution in [-0.2, 0) is 0 Å².